The fourth-order valence-corrected chi connectivity index (χ4v) is 2.52. The Morgan fingerprint density at radius 1 is 1.00 bits per heavy atom. The van der Waals surface area contributed by atoms with Crippen molar-refractivity contribution < 1.29 is 9.53 Å². The Balaban J connectivity index is 1.95. The third-order valence-corrected chi connectivity index (χ3v) is 3.63. The van der Waals surface area contributed by atoms with Gasteiger partial charge in [0.1, 0.15) is 5.60 Å². The lowest BCUT2D eigenvalue weighted by Gasteiger charge is -2.19. The first-order valence-electron chi connectivity index (χ1n) is 6.95. The number of hydrogen-bond acceptors (Lipinski definition) is 4. The molecule has 0 aromatic heterocycles. The first kappa shape index (κ1) is 16.2. The summed E-state index contributed by atoms with van der Waals surface area (Å²) in [5.74, 6) is 0. The molecule has 5 heteroatoms. The van der Waals surface area contributed by atoms with Crippen LogP contribution in [0.15, 0.2) is 58.3 Å². The van der Waals surface area contributed by atoms with Crippen molar-refractivity contribution in [3.8, 4) is 0 Å². The summed E-state index contributed by atoms with van der Waals surface area (Å²) in [6, 6.07) is 15.3. The van der Waals surface area contributed by atoms with Crippen molar-refractivity contribution in [1.82, 2.24) is 0 Å². The van der Waals surface area contributed by atoms with E-state index in [-0.39, 0.29) is 0 Å². The maximum absolute atomic E-state index is 11.7. The summed E-state index contributed by atoms with van der Waals surface area (Å²) in [5, 5.41) is 2.71. The fourth-order valence-electron chi connectivity index (χ4n) is 1.70. The molecular formula is C17H20N2O2S. The van der Waals surface area contributed by atoms with Gasteiger partial charge in [0.2, 0.25) is 0 Å². The summed E-state index contributed by atoms with van der Waals surface area (Å²) in [4.78, 5) is 13.9. The first-order valence-corrected chi connectivity index (χ1v) is 7.77. The van der Waals surface area contributed by atoms with Crippen LogP contribution in [0.1, 0.15) is 20.8 Å². The molecule has 0 spiro atoms. The summed E-state index contributed by atoms with van der Waals surface area (Å²) in [7, 11) is 0. The summed E-state index contributed by atoms with van der Waals surface area (Å²) in [6.07, 6.45) is -0.452. The molecular weight excluding hydrogens is 296 g/mol. The van der Waals surface area contributed by atoms with Crippen LogP contribution in [-0.4, -0.2) is 11.7 Å². The van der Waals surface area contributed by atoms with Gasteiger partial charge in [-0.25, -0.2) is 4.79 Å². The highest BCUT2D eigenvalue weighted by atomic mass is 32.2. The smallest absolute Gasteiger partial charge is 0.412 e. The van der Waals surface area contributed by atoms with Crippen LogP contribution in [0.2, 0.25) is 0 Å². The van der Waals surface area contributed by atoms with Gasteiger partial charge >= 0.3 is 6.09 Å². The van der Waals surface area contributed by atoms with Crippen molar-refractivity contribution in [3.05, 3.63) is 48.5 Å². The number of carbonyl (C=O) groups excluding carboxylic acids is 1. The second-order valence-corrected chi connectivity index (χ2v) is 6.97. The van der Waals surface area contributed by atoms with Crippen molar-refractivity contribution in [2.45, 2.75) is 36.2 Å². The zero-order valence-electron chi connectivity index (χ0n) is 12.9. The van der Waals surface area contributed by atoms with Crippen LogP contribution < -0.4 is 11.1 Å². The minimum Gasteiger partial charge on any atom is -0.444 e. The topological polar surface area (TPSA) is 64.3 Å². The number of ether oxygens (including phenoxy) is 1. The van der Waals surface area contributed by atoms with Gasteiger partial charge in [-0.2, -0.15) is 0 Å². The lowest BCUT2D eigenvalue weighted by molar-refractivity contribution is 0.0636. The summed E-state index contributed by atoms with van der Waals surface area (Å²) < 4.78 is 5.21. The Morgan fingerprint density at radius 2 is 1.50 bits per heavy atom. The van der Waals surface area contributed by atoms with Crippen molar-refractivity contribution >= 4 is 29.2 Å². The summed E-state index contributed by atoms with van der Waals surface area (Å²) >= 11 is 1.63. The molecule has 2 rings (SSSR count). The molecule has 0 aliphatic heterocycles. The van der Waals surface area contributed by atoms with E-state index in [1.807, 2.05) is 69.3 Å². The van der Waals surface area contributed by atoms with Crippen molar-refractivity contribution in [2.75, 3.05) is 11.1 Å². The monoisotopic (exact) mass is 316 g/mol. The molecule has 2 aromatic carbocycles. The zero-order valence-corrected chi connectivity index (χ0v) is 13.7. The van der Waals surface area contributed by atoms with Crippen LogP contribution in [0.3, 0.4) is 0 Å². The number of carbonyl (C=O) groups is 1. The molecule has 22 heavy (non-hydrogen) atoms. The molecule has 0 unspecified atom stereocenters. The van der Waals surface area contributed by atoms with Crippen LogP contribution in [0, 0.1) is 0 Å². The van der Waals surface area contributed by atoms with E-state index < -0.39 is 11.7 Å². The minimum absolute atomic E-state index is 0.452. The second-order valence-electron chi connectivity index (χ2n) is 5.82. The molecule has 0 aliphatic rings. The summed E-state index contributed by atoms with van der Waals surface area (Å²) in [6.45, 7) is 5.50. The van der Waals surface area contributed by atoms with E-state index in [0.717, 1.165) is 15.5 Å². The number of rotatable bonds is 3. The van der Waals surface area contributed by atoms with E-state index in [0.29, 0.717) is 5.69 Å². The fraction of sp³-hybridized carbons (Fsp3) is 0.235. The number of nitrogens with one attached hydrogen (secondary N) is 1. The molecule has 0 fully saturated rings. The number of hydrogen-bond donors (Lipinski definition) is 2. The minimum atomic E-state index is -0.505. The van der Waals surface area contributed by atoms with E-state index in [2.05, 4.69) is 5.32 Å². The predicted octanol–water partition coefficient (Wildman–Crippen LogP) is 4.77. The molecule has 0 aliphatic carbocycles. The van der Waals surface area contributed by atoms with Gasteiger partial charge in [-0.05, 0) is 69.3 Å². The van der Waals surface area contributed by atoms with Gasteiger partial charge in [0, 0.05) is 21.2 Å². The second kappa shape index (κ2) is 6.75. The SMILES string of the molecule is CC(C)(C)OC(=O)Nc1ccc(Sc2ccc(N)cc2)cc1. The Morgan fingerprint density at radius 3 is 2.00 bits per heavy atom. The highest BCUT2D eigenvalue weighted by Gasteiger charge is 2.16. The average molecular weight is 316 g/mol. The van der Waals surface area contributed by atoms with Crippen molar-refractivity contribution in [1.29, 1.82) is 0 Å². The standard InChI is InChI=1S/C17H20N2O2S/c1-17(2,3)21-16(20)19-13-6-10-15(11-7-13)22-14-8-4-12(18)5-9-14/h4-11H,18H2,1-3H3,(H,19,20). The van der Waals surface area contributed by atoms with E-state index in [9.17, 15) is 4.79 Å². The lowest BCUT2D eigenvalue weighted by atomic mass is 10.2. The highest BCUT2D eigenvalue weighted by molar-refractivity contribution is 7.99. The molecule has 3 N–H and O–H groups in total. The molecule has 4 nitrogen and oxygen atoms in total. The Bertz CT molecular complexity index is 631. The molecule has 0 saturated heterocycles. The number of nitrogens with two attached hydrogens (primary N) is 1. The van der Waals surface area contributed by atoms with Crippen LogP contribution >= 0.6 is 11.8 Å². The van der Waals surface area contributed by atoms with Gasteiger partial charge in [0.25, 0.3) is 0 Å². The third-order valence-electron chi connectivity index (χ3n) is 2.62. The van der Waals surface area contributed by atoms with Crippen LogP contribution in [0.25, 0.3) is 0 Å². The Kier molecular flexibility index (Phi) is 4.98. The molecule has 2 aromatic rings. The molecule has 116 valence electrons. The average Bonchev–Trinajstić information content (AvgIpc) is 2.41. The van der Waals surface area contributed by atoms with E-state index in [4.69, 9.17) is 10.5 Å². The molecule has 0 radical (unpaired) electrons. The Hall–Kier alpha value is -2.14. The Labute approximate surface area is 135 Å². The van der Waals surface area contributed by atoms with E-state index in [1.165, 1.54) is 0 Å². The molecule has 0 bridgehead atoms. The molecule has 0 atom stereocenters. The van der Waals surface area contributed by atoms with Gasteiger partial charge < -0.3 is 10.5 Å². The number of benzene rings is 2. The maximum atomic E-state index is 11.7. The van der Waals surface area contributed by atoms with Crippen LogP contribution in [-0.2, 0) is 4.74 Å². The van der Waals surface area contributed by atoms with Gasteiger partial charge in [-0.1, -0.05) is 11.8 Å². The van der Waals surface area contributed by atoms with Crippen molar-refractivity contribution in [2.24, 2.45) is 0 Å². The number of amides is 1. The maximum Gasteiger partial charge on any atom is 0.412 e. The van der Waals surface area contributed by atoms with E-state index in [1.54, 1.807) is 11.8 Å². The van der Waals surface area contributed by atoms with Gasteiger partial charge in [0.05, 0.1) is 0 Å². The third kappa shape index (κ3) is 5.33. The zero-order chi connectivity index (χ0) is 16.2. The quantitative estimate of drug-likeness (QED) is 0.801. The first-order chi connectivity index (χ1) is 10.3. The molecule has 0 saturated carbocycles. The highest BCUT2D eigenvalue weighted by Crippen LogP contribution is 2.29. The van der Waals surface area contributed by atoms with Crippen LogP contribution in [0.4, 0.5) is 16.2 Å². The molecule has 1 amide bonds. The number of nitrogen functional groups attached to an aromatic ring is 1. The van der Waals surface area contributed by atoms with E-state index >= 15 is 0 Å². The van der Waals surface area contributed by atoms with Gasteiger partial charge in [0.15, 0.2) is 0 Å². The normalized spacial score (nSPS) is 11.0. The van der Waals surface area contributed by atoms with Crippen LogP contribution in [0.5, 0.6) is 0 Å². The number of anilines is 2. The lowest BCUT2D eigenvalue weighted by Crippen LogP contribution is -2.27. The van der Waals surface area contributed by atoms with Crippen molar-refractivity contribution in [3.63, 3.8) is 0 Å². The predicted molar refractivity (Wildman–Crippen MR) is 91.3 cm³/mol. The largest absolute Gasteiger partial charge is 0.444 e. The molecule has 0 heterocycles. The van der Waals surface area contributed by atoms with Gasteiger partial charge in [-0.15, -0.1) is 0 Å². The summed E-state index contributed by atoms with van der Waals surface area (Å²) in [5.41, 5.74) is 6.62. The van der Waals surface area contributed by atoms with Gasteiger partial charge in [-0.3, -0.25) is 5.32 Å².